The second-order valence-electron chi connectivity index (χ2n) is 0.521. The zero-order valence-electron chi connectivity index (χ0n) is 2.93. The monoisotopic (exact) mass is 154 g/mol. The van der Waals surface area contributed by atoms with Gasteiger partial charge in [0.2, 0.25) is 0 Å². The van der Waals surface area contributed by atoms with E-state index in [9.17, 15) is 0 Å². The topological polar surface area (TPSA) is 0 Å². The molecule has 0 radical (unpaired) electrons. The van der Waals surface area contributed by atoms with Crippen LogP contribution in [0.1, 0.15) is 6.92 Å². The van der Waals surface area contributed by atoms with Gasteiger partial charge in [0.05, 0.1) is 0 Å². The molecule has 0 unspecified atom stereocenters. The fourth-order valence-corrected chi connectivity index (χ4v) is 0.302. The Morgan fingerprint density at radius 3 is 2.40 bits per heavy atom. The molecule has 5 heavy (non-hydrogen) atoms. The molecule has 0 atom stereocenters. The first-order valence-corrected chi connectivity index (χ1v) is 2.16. The molecule has 0 heterocycles. The average molecular weight is 153 g/mol. The Morgan fingerprint density at radius 2 is 2.40 bits per heavy atom. The second kappa shape index (κ2) is 4.05. The van der Waals surface area contributed by atoms with Gasteiger partial charge in [-0.15, -0.1) is 0 Å². The van der Waals surface area contributed by atoms with Gasteiger partial charge in [-0.1, -0.05) is 0 Å². The Labute approximate surface area is 41.4 Å². The van der Waals surface area contributed by atoms with Crippen LogP contribution in [0.5, 0.6) is 0 Å². The van der Waals surface area contributed by atoms with Crippen LogP contribution >= 0.6 is 0 Å². The van der Waals surface area contributed by atoms with E-state index < -0.39 is 0 Å². The van der Waals surface area contributed by atoms with Gasteiger partial charge in [0.1, 0.15) is 0 Å². The van der Waals surface area contributed by atoms with Crippen molar-refractivity contribution in [2.45, 2.75) is 6.92 Å². The molecule has 0 rings (SSSR count). The van der Waals surface area contributed by atoms with Crippen molar-refractivity contribution in [1.82, 2.24) is 0 Å². The van der Waals surface area contributed by atoms with Gasteiger partial charge in [0.25, 0.3) is 0 Å². The summed E-state index contributed by atoms with van der Waals surface area (Å²) in [6, 6.07) is 0. The Morgan fingerprint density at radius 1 is 1.80 bits per heavy atom. The van der Waals surface area contributed by atoms with E-state index in [-0.39, 0.29) is 0 Å². The van der Waals surface area contributed by atoms with Crippen molar-refractivity contribution in [3.63, 3.8) is 0 Å². The molecule has 0 saturated heterocycles. The molecule has 0 saturated carbocycles. The normalized spacial score (nSPS) is 4.20. The summed E-state index contributed by atoms with van der Waals surface area (Å²) in [5, 5.41) is 0. The Balaban J connectivity index is 3.75. The van der Waals surface area contributed by atoms with E-state index in [1.54, 1.807) is 6.08 Å². The molecule has 0 aromatic rings. The van der Waals surface area contributed by atoms with E-state index in [1.807, 2.05) is 6.92 Å². The van der Waals surface area contributed by atoms with E-state index in [4.69, 9.17) is 0 Å². The number of allylic oxidation sites excluding steroid dienone is 1. The minimum absolute atomic E-state index is 1.80. The van der Waals surface area contributed by atoms with Crippen LogP contribution in [-0.4, -0.2) is 4.26 Å². The van der Waals surface area contributed by atoms with Gasteiger partial charge in [0.15, 0.2) is 0 Å². The van der Waals surface area contributed by atoms with E-state index in [1.165, 1.54) is 0 Å². The SMILES string of the molecule is CC=C=[C]=[Ru+]. The maximum atomic E-state index is 2.70. The fourth-order valence-electron chi connectivity index (χ4n) is 0.0510. The van der Waals surface area contributed by atoms with E-state index in [0.717, 1.165) is 0 Å². The molecule has 0 nitrogen and oxygen atoms in total. The quantitative estimate of drug-likeness (QED) is 0.354. The van der Waals surface area contributed by atoms with Crippen molar-refractivity contribution in [2.24, 2.45) is 0 Å². The van der Waals surface area contributed by atoms with Crippen molar-refractivity contribution in [2.75, 3.05) is 0 Å². The Bertz CT molecular complexity index is 81.8. The van der Waals surface area contributed by atoms with E-state index in [2.05, 4.69) is 27.8 Å². The van der Waals surface area contributed by atoms with Crippen molar-refractivity contribution in [1.29, 1.82) is 0 Å². The zero-order chi connectivity index (χ0) is 4.12. The molecule has 0 aliphatic carbocycles. The zero-order valence-corrected chi connectivity index (χ0v) is 4.67. The Hall–Kier alpha value is 0.0534. The molecule has 0 spiro atoms. The molecule has 0 amide bonds. The number of hydrogen-bond acceptors (Lipinski definition) is 0. The third-order valence-electron chi connectivity index (χ3n) is 0.195. The van der Waals surface area contributed by atoms with Crippen LogP contribution in [-0.2, 0) is 17.9 Å². The Kier molecular flexibility index (Phi) is 4.10. The van der Waals surface area contributed by atoms with Gasteiger partial charge < -0.3 is 0 Å². The van der Waals surface area contributed by atoms with Crippen molar-refractivity contribution < 1.29 is 17.9 Å². The van der Waals surface area contributed by atoms with Crippen LogP contribution < -0.4 is 0 Å². The number of hydrogen-bond donors (Lipinski definition) is 0. The van der Waals surface area contributed by atoms with E-state index >= 15 is 0 Å². The van der Waals surface area contributed by atoms with Gasteiger partial charge in [0, 0.05) is 0 Å². The standard InChI is InChI=1S/C4H4.Ru/c1-3-4-2;/h3H,1H3;/q;+1. The molecule has 27 valence electrons. The molecule has 0 aliphatic heterocycles. The van der Waals surface area contributed by atoms with Crippen LogP contribution in [0.25, 0.3) is 0 Å². The number of rotatable bonds is 0. The van der Waals surface area contributed by atoms with Gasteiger partial charge in [-0.05, 0) is 0 Å². The van der Waals surface area contributed by atoms with Crippen LogP contribution in [0.2, 0.25) is 0 Å². The molecule has 0 aromatic heterocycles. The van der Waals surface area contributed by atoms with Gasteiger partial charge in [-0.25, -0.2) is 0 Å². The average Bonchev–Trinajstić information content (AvgIpc) is 1.41. The summed E-state index contributed by atoms with van der Waals surface area (Å²) in [6.45, 7) is 1.90. The molecular weight excluding hydrogens is 149 g/mol. The van der Waals surface area contributed by atoms with Crippen LogP contribution in [0.4, 0.5) is 0 Å². The summed E-state index contributed by atoms with van der Waals surface area (Å²) in [4.78, 5) is 0. The molecule has 1 heteroatoms. The van der Waals surface area contributed by atoms with Crippen molar-refractivity contribution in [3.05, 3.63) is 11.8 Å². The summed E-state index contributed by atoms with van der Waals surface area (Å²) < 4.78 is 2.64. The summed E-state index contributed by atoms with van der Waals surface area (Å²) >= 11 is 2.23. The first-order chi connectivity index (χ1) is 2.41. The third kappa shape index (κ3) is 4.05. The van der Waals surface area contributed by atoms with Crippen LogP contribution in [0.3, 0.4) is 0 Å². The predicted octanol–water partition coefficient (Wildman–Crippen LogP) is 0.665. The van der Waals surface area contributed by atoms with Gasteiger partial charge in [-0.2, -0.15) is 0 Å². The van der Waals surface area contributed by atoms with Gasteiger partial charge >= 0.3 is 40.8 Å². The predicted molar refractivity (Wildman–Crippen MR) is 18.8 cm³/mol. The van der Waals surface area contributed by atoms with E-state index in [0.29, 0.717) is 0 Å². The van der Waals surface area contributed by atoms with Crippen molar-refractivity contribution in [3.8, 4) is 0 Å². The molecule has 0 aliphatic rings. The van der Waals surface area contributed by atoms with Gasteiger partial charge in [-0.3, -0.25) is 0 Å². The first-order valence-electron chi connectivity index (χ1n) is 1.29. The summed E-state index contributed by atoms with van der Waals surface area (Å²) in [5.41, 5.74) is 2.70. The summed E-state index contributed by atoms with van der Waals surface area (Å²) in [5.74, 6) is 0. The fraction of sp³-hybridized carbons (Fsp3) is 0.250. The second-order valence-corrected chi connectivity index (χ2v) is 0.956. The first kappa shape index (κ1) is 5.05. The molecule has 0 N–H and O–H groups in total. The van der Waals surface area contributed by atoms with Crippen molar-refractivity contribution >= 4 is 4.26 Å². The molecule has 0 fully saturated rings. The molecular formula is C4H4Ru+. The molecule has 0 bridgehead atoms. The summed E-state index contributed by atoms with van der Waals surface area (Å²) in [7, 11) is 0. The summed E-state index contributed by atoms with van der Waals surface area (Å²) in [6.07, 6.45) is 1.80. The van der Waals surface area contributed by atoms with Crippen LogP contribution in [0, 0.1) is 0 Å². The van der Waals surface area contributed by atoms with Crippen LogP contribution in [0.15, 0.2) is 11.8 Å². The molecule has 0 aromatic carbocycles. The maximum absolute atomic E-state index is 2.70. The third-order valence-corrected chi connectivity index (χ3v) is 0.446. The minimum atomic E-state index is 1.80.